The molecule has 0 radical (unpaired) electrons. The monoisotopic (exact) mass is 322 g/mol. The number of aromatic nitrogens is 2. The van der Waals surface area contributed by atoms with Crippen molar-refractivity contribution in [3.8, 4) is 11.4 Å². The summed E-state index contributed by atoms with van der Waals surface area (Å²) in [5, 5.41) is 0. The van der Waals surface area contributed by atoms with Crippen LogP contribution in [0.15, 0.2) is 34.8 Å². The Labute approximate surface area is 116 Å². The molecule has 1 aromatic heterocycles. The normalized spacial score (nSPS) is 11.2. The zero-order chi connectivity index (χ0) is 13.6. The molecule has 5 heteroatoms. The molecule has 2 nitrogen and oxygen atoms in total. The van der Waals surface area contributed by atoms with Gasteiger partial charge in [-0.1, -0.05) is 28.1 Å². The third-order valence-electron chi connectivity index (χ3n) is 3.03. The second-order valence-electron chi connectivity index (χ2n) is 4.28. The molecule has 2 aromatic carbocycles. The van der Waals surface area contributed by atoms with Crippen molar-refractivity contribution in [3.63, 3.8) is 0 Å². The highest BCUT2D eigenvalue weighted by molar-refractivity contribution is 9.10. The van der Waals surface area contributed by atoms with Crippen molar-refractivity contribution in [2.45, 2.75) is 6.92 Å². The predicted octanol–water partition coefficient (Wildman–Crippen LogP) is 4.58. The molecule has 0 saturated heterocycles. The van der Waals surface area contributed by atoms with Crippen LogP contribution in [0.1, 0.15) is 5.56 Å². The van der Waals surface area contributed by atoms with Gasteiger partial charge >= 0.3 is 0 Å². The van der Waals surface area contributed by atoms with Crippen molar-refractivity contribution in [1.82, 2.24) is 9.97 Å². The molecule has 19 heavy (non-hydrogen) atoms. The standard InChI is InChI=1S/C14H9BrF2N2/c1-7-9(3-2-4-10(7)15)14-18-12-6-8(16)5-11(17)13(12)19-14/h2-6H,1H3,(H,18,19). The summed E-state index contributed by atoms with van der Waals surface area (Å²) >= 11 is 3.44. The number of H-pyrrole nitrogens is 1. The van der Waals surface area contributed by atoms with Gasteiger partial charge in [0.1, 0.15) is 17.2 Å². The quantitative estimate of drug-likeness (QED) is 0.698. The summed E-state index contributed by atoms with van der Waals surface area (Å²) in [5.41, 5.74) is 2.34. The maximum Gasteiger partial charge on any atom is 0.153 e. The van der Waals surface area contributed by atoms with E-state index in [2.05, 4.69) is 25.9 Å². The number of fused-ring (bicyclic) bond motifs is 1. The highest BCUT2D eigenvalue weighted by atomic mass is 79.9. The molecule has 0 aliphatic carbocycles. The van der Waals surface area contributed by atoms with Crippen LogP contribution in [-0.2, 0) is 0 Å². The molecular formula is C14H9BrF2N2. The SMILES string of the molecule is Cc1c(Br)cccc1-c1nc2c(F)cc(F)cc2[nH]1. The molecule has 0 aliphatic rings. The number of nitrogens with one attached hydrogen (secondary N) is 1. The Hall–Kier alpha value is -1.75. The van der Waals surface area contributed by atoms with Gasteiger partial charge in [-0.25, -0.2) is 13.8 Å². The first-order chi connectivity index (χ1) is 9.06. The number of rotatable bonds is 1. The van der Waals surface area contributed by atoms with Gasteiger partial charge in [0.25, 0.3) is 0 Å². The second-order valence-corrected chi connectivity index (χ2v) is 5.14. The van der Waals surface area contributed by atoms with Gasteiger partial charge in [0.15, 0.2) is 5.82 Å². The minimum Gasteiger partial charge on any atom is -0.338 e. The van der Waals surface area contributed by atoms with E-state index >= 15 is 0 Å². The third kappa shape index (κ3) is 2.04. The van der Waals surface area contributed by atoms with Crippen molar-refractivity contribution >= 4 is 27.0 Å². The third-order valence-corrected chi connectivity index (χ3v) is 3.89. The average molecular weight is 323 g/mol. The van der Waals surface area contributed by atoms with Crippen LogP contribution in [0.4, 0.5) is 8.78 Å². The van der Waals surface area contributed by atoms with Crippen LogP contribution in [0.5, 0.6) is 0 Å². The average Bonchev–Trinajstić information content (AvgIpc) is 2.76. The molecule has 0 aliphatic heterocycles. The fraction of sp³-hybridized carbons (Fsp3) is 0.0714. The van der Waals surface area contributed by atoms with Crippen LogP contribution in [0.2, 0.25) is 0 Å². The number of aromatic amines is 1. The minimum absolute atomic E-state index is 0.149. The van der Waals surface area contributed by atoms with Gasteiger partial charge in [-0.3, -0.25) is 0 Å². The van der Waals surface area contributed by atoms with Gasteiger partial charge in [-0.05, 0) is 24.6 Å². The van der Waals surface area contributed by atoms with Gasteiger partial charge in [0.05, 0.1) is 5.52 Å². The van der Waals surface area contributed by atoms with E-state index in [1.165, 1.54) is 6.07 Å². The van der Waals surface area contributed by atoms with Crippen LogP contribution < -0.4 is 0 Å². The Morgan fingerprint density at radius 3 is 2.79 bits per heavy atom. The highest BCUT2D eigenvalue weighted by Gasteiger charge is 2.13. The van der Waals surface area contributed by atoms with Gasteiger partial charge in [-0.15, -0.1) is 0 Å². The molecule has 0 saturated carbocycles. The van der Waals surface area contributed by atoms with Crippen molar-refractivity contribution in [2.24, 2.45) is 0 Å². The molecular weight excluding hydrogens is 314 g/mol. The lowest BCUT2D eigenvalue weighted by molar-refractivity contribution is 0.591. The molecule has 0 amide bonds. The number of hydrogen-bond donors (Lipinski definition) is 1. The first kappa shape index (κ1) is 12.3. The lowest BCUT2D eigenvalue weighted by atomic mass is 10.1. The molecule has 3 rings (SSSR count). The molecule has 0 atom stereocenters. The molecule has 0 bridgehead atoms. The zero-order valence-electron chi connectivity index (χ0n) is 9.97. The van der Waals surface area contributed by atoms with E-state index in [-0.39, 0.29) is 5.52 Å². The summed E-state index contributed by atoms with van der Waals surface area (Å²) in [5.74, 6) is -0.755. The maximum atomic E-state index is 13.6. The van der Waals surface area contributed by atoms with Crippen molar-refractivity contribution in [2.75, 3.05) is 0 Å². The van der Waals surface area contributed by atoms with E-state index in [4.69, 9.17) is 0 Å². The summed E-state index contributed by atoms with van der Waals surface area (Å²) in [6, 6.07) is 7.74. The topological polar surface area (TPSA) is 28.7 Å². The second kappa shape index (κ2) is 4.42. The summed E-state index contributed by atoms with van der Waals surface area (Å²) in [7, 11) is 0. The van der Waals surface area contributed by atoms with Crippen molar-refractivity contribution in [3.05, 3.63) is 52.0 Å². The number of imidazole rings is 1. The first-order valence-corrected chi connectivity index (χ1v) is 6.46. The van der Waals surface area contributed by atoms with E-state index in [9.17, 15) is 8.78 Å². The summed E-state index contributed by atoms with van der Waals surface area (Å²) < 4.78 is 27.7. The number of nitrogens with zero attached hydrogens (tertiary/aromatic N) is 1. The fourth-order valence-electron chi connectivity index (χ4n) is 2.03. The van der Waals surface area contributed by atoms with E-state index in [0.29, 0.717) is 11.3 Å². The Morgan fingerprint density at radius 1 is 1.21 bits per heavy atom. The van der Waals surface area contributed by atoms with Crippen LogP contribution in [0.3, 0.4) is 0 Å². The number of hydrogen-bond acceptors (Lipinski definition) is 1. The molecule has 0 unspecified atom stereocenters. The van der Waals surface area contributed by atoms with Crippen molar-refractivity contribution in [1.29, 1.82) is 0 Å². The van der Waals surface area contributed by atoms with Crippen LogP contribution in [0, 0.1) is 18.6 Å². The zero-order valence-corrected chi connectivity index (χ0v) is 11.6. The molecule has 0 spiro atoms. The van der Waals surface area contributed by atoms with Crippen LogP contribution >= 0.6 is 15.9 Å². The molecule has 96 valence electrons. The molecule has 3 aromatic rings. The fourth-order valence-corrected chi connectivity index (χ4v) is 2.40. The lowest BCUT2D eigenvalue weighted by Gasteiger charge is -2.03. The number of halogens is 3. The largest absolute Gasteiger partial charge is 0.338 e. The Kier molecular flexibility index (Phi) is 2.86. The Bertz CT molecular complexity index is 780. The maximum absolute atomic E-state index is 13.6. The Balaban J connectivity index is 2.26. The van der Waals surface area contributed by atoms with Gasteiger partial charge in [-0.2, -0.15) is 0 Å². The van der Waals surface area contributed by atoms with Crippen LogP contribution in [-0.4, -0.2) is 9.97 Å². The molecule has 1 N–H and O–H groups in total. The van der Waals surface area contributed by atoms with E-state index in [1.54, 1.807) is 0 Å². The number of benzene rings is 2. The van der Waals surface area contributed by atoms with Gasteiger partial charge in [0, 0.05) is 16.1 Å². The van der Waals surface area contributed by atoms with Gasteiger partial charge < -0.3 is 4.98 Å². The predicted molar refractivity (Wildman–Crippen MR) is 73.9 cm³/mol. The van der Waals surface area contributed by atoms with Crippen LogP contribution in [0.25, 0.3) is 22.4 Å². The molecule has 1 heterocycles. The minimum atomic E-state index is -0.662. The van der Waals surface area contributed by atoms with Crippen molar-refractivity contribution < 1.29 is 8.78 Å². The van der Waals surface area contributed by atoms with E-state index in [0.717, 1.165) is 21.7 Å². The lowest BCUT2D eigenvalue weighted by Crippen LogP contribution is -1.86. The summed E-state index contributed by atoms with van der Waals surface area (Å²) in [4.78, 5) is 7.16. The van der Waals surface area contributed by atoms with E-state index in [1.807, 2.05) is 25.1 Å². The smallest absolute Gasteiger partial charge is 0.153 e. The van der Waals surface area contributed by atoms with E-state index < -0.39 is 11.6 Å². The summed E-state index contributed by atoms with van der Waals surface area (Å²) in [6.07, 6.45) is 0. The molecule has 0 fully saturated rings. The Morgan fingerprint density at radius 2 is 2.00 bits per heavy atom. The highest BCUT2D eigenvalue weighted by Crippen LogP contribution is 2.29. The van der Waals surface area contributed by atoms with Gasteiger partial charge in [0.2, 0.25) is 0 Å². The summed E-state index contributed by atoms with van der Waals surface area (Å²) in [6.45, 7) is 1.93. The first-order valence-electron chi connectivity index (χ1n) is 5.66.